The molecule has 1 fully saturated rings. The van der Waals surface area contributed by atoms with Gasteiger partial charge in [0.25, 0.3) is 0 Å². The van der Waals surface area contributed by atoms with E-state index in [0.29, 0.717) is 12.1 Å². The summed E-state index contributed by atoms with van der Waals surface area (Å²) < 4.78 is 4.84. The summed E-state index contributed by atoms with van der Waals surface area (Å²) in [6.45, 7) is 2.28. The highest BCUT2D eigenvalue weighted by atomic mass is 16.5. The van der Waals surface area contributed by atoms with Gasteiger partial charge in [-0.3, -0.25) is 9.59 Å². The molecule has 2 amide bonds. The zero-order valence-electron chi connectivity index (χ0n) is 16.0. The summed E-state index contributed by atoms with van der Waals surface area (Å²) in [5.74, 6) is -1.44. The van der Waals surface area contributed by atoms with E-state index in [1.165, 1.54) is 7.11 Å². The highest BCUT2D eigenvalue weighted by Crippen LogP contribution is 2.29. The molecule has 6 nitrogen and oxygen atoms in total. The van der Waals surface area contributed by atoms with Gasteiger partial charge in [-0.2, -0.15) is 0 Å². The van der Waals surface area contributed by atoms with Crippen molar-refractivity contribution in [3.05, 3.63) is 71.8 Å². The standard InChI is InChI=1S/C22H24N2O4/c1-15(16-9-5-3-6-10-16)24-14-18(13-19(24)25)21(26)23-20(22(27)28-2)17-11-7-4-8-12-17/h3-12,15,18,20H,13-14H2,1-2H3,(H,23,26). The van der Waals surface area contributed by atoms with Crippen LogP contribution in [0.2, 0.25) is 0 Å². The van der Waals surface area contributed by atoms with Crippen molar-refractivity contribution in [2.75, 3.05) is 13.7 Å². The van der Waals surface area contributed by atoms with Gasteiger partial charge < -0.3 is 15.0 Å². The third-order valence-corrected chi connectivity index (χ3v) is 5.14. The van der Waals surface area contributed by atoms with Crippen molar-refractivity contribution in [3.8, 4) is 0 Å². The quantitative estimate of drug-likeness (QED) is 0.782. The van der Waals surface area contributed by atoms with Gasteiger partial charge >= 0.3 is 5.97 Å². The van der Waals surface area contributed by atoms with Crippen LogP contribution in [0.1, 0.15) is 36.6 Å². The van der Waals surface area contributed by atoms with Crippen LogP contribution >= 0.6 is 0 Å². The molecule has 0 aromatic heterocycles. The van der Waals surface area contributed by atoms with E-state index in [4.69, 9.17) is 4.74 Å². The maximum Gasteiger partial charge on any atom is 0.333 e. The SMILES string of the molecule is COC(=O)C(NC(=O)C1CC(=O)N(C(C)c2ccccc2)C1)c1ccccc1. The lowest BCUT2D eigenvalue weighted by Gasteiger charge is -2.25. The Balaban J connectivity index is 1.70. The van der Waals surface area contributed by atoms with Crippen molar-refractivity contribution in [2.45, 2.75) is 25.4 Å². The number of hydrogen-bond acceptors (Lipinski definition) is 4. The van der Waals surface area contributed by atoms with Crippen molar-refractivity contribution < 1.29 is 19.1 Å². The summed E-state index contributed by atoms with van der Waals surface area (Å²) in [6.07, 6.45) is 0.131. The smallest absolute Gasteiger partial charge is 0.333 e. The normalized spacial score (nSPS) is 18.4. The van der Waals surface area contributed by atoms with Crippen molar-refractivity contribution in [2.24, 2.45) is 5.92 Å². The molecule has 0 spiro atoms. The third kappa shape index (κ3) is 4.22. The molecule has 0 aliphatic carbocycles. The molecule has 1 aliphatic rings. The molecule has 146 valence electrons. The average Bonchev–Trinajstić information content (AvgIpc) is 3.13. The van der Waals surface area contributed by atoms with Crippen LogP contribution in [0.4, 0.5) is 0 Å². The molecule has 3 atom stereocenters. The number of hydrogen-bond donors (Lipinski definition) is 1. The van der Waals surface area contributed by atoms with Gasteiger partial charge in [0.05, 0.1) is 19.1 Å². The van der Waals surface area contributed by atoms with Crippen molar-refractivity contribution in [1.29, 1.82) is 0 Å². The molecule has 3 rings (SSSR count). The third-order valence-electron chi connectivity index (χ3n) is 5.14. The predicted molar refractivity (Wildman–Crippen MR) is 104 cm³/mol. The Labute approximate surface area is 164 Å². The Morgan fingerprint density at radius 2 is 1.61 bits per heavy atom. The monoisotopic (exact) mass is 380 g/mol. The minimum atomic E-state index is -0.894. The molecule has 1 N–H and O–H groups in total. The Hall–Kier alpha value is -3.15. The molecule has 1 heterocycles. The second kappa shape index (κ2) is 8.69. The fourth-order valence-electron chi connectivity index (χ4n) is 3.49. The highest BCUT2D eigenvalue weighted by Gasteiger charge is 2.38. The average molecular weight is 380 g/mol. The number of likely N-dealkylation sites (tertiary alicyclic amines) is 1. The maximum atomic E-state index is 12.8. The Kier molecular flexibility index (Phi) is 6.09. The summed E-state index contributed by atoms with van der Waals surface area (Å²) >= 11 is 0. The van der Waals surface area contributed by atoms with E-state index in [0.717, 1.165) is 5.56 Å². The Bertz CT molecular complexity index is 838. The van der Waals surface area contributed by atoms with Crippen LogP contribution in [-0.2, 0) is 19.1 Å². The summed E-state index contributed by atoms with van der Waals surface area (Å²) in [6, 6.07) is 17.6. The molecule has 0 radical (unpaired) electrons. The number of carbonyl (C=O) groups is 3. The van der Waals surface area contributed by atoms with Crippen molar-refractivity contribution >= 4 is 17.8 Å². The Morgan fingerprint density at radius 3 is 2.18 bits per heavy atom. The minimum Gasteiger partial charge on any atom is -0.467 e. The van der Waals surface area contributed by atoms with Gasteiger partial charge in [-0.15, -0.1) is 0 Å². The van der Waals surface area contributed by atoms with E-state index < -0.39 is 17.9 Å². The molecule has 3 unspecified atom stereocenters. The molecule has 0 saturated carbocycles. The fraction of sp³-hybridized carbons (Fsp3) is 0.318. The fourth-order valence-corrected chi connectivity index (χ4v) is 3.49. The van der Waals surface area contributed by atoms with Gasteiger partial charge in [-0.1, -0.05) is 60.7 Å². The number of carbonyl (C=O) groups excluding carboxylic acids is 3. The first-order valence-electron chi connectivity index (χ1n) is 9.28. The number of amides is 2. The number of nitrogens with zero attached hydrogens (tertiary/aromatic N) is 1. The summed E-state index contributed by atoms with van der Waals surface area (Å²) in [5, 5.41) is 2.75. The van der Waals surface area contributed by atoms with Crippen LogP contribution in [-0.4, -0.2) is 36.3 Å². The van der Waals surface area contributed by atoms with Crippen LogP contribution in [0.3, 0.4) is 0 Å². The van der Waals surface area contributed by atoms with Gasteiger partial charge in [-0.25, -0.2) is 4.79 Å². The zero-order valence-corrected chi connectivity index (χ0v) is 16.0. The van der Waals surface area contributed by atoms with E-state index >= 15 is 0 Å². The number of nitrogens with one attached hydrogen (secondary N) is 1. The van der Waals surface area contributed by atoms with Crippen LogP contribution < -0.4 is 5.32 Å². The molecule has 6 heteroatoms. The topological polar surface area (TPSA) is 75.7 Å². The van der Waals surface area contributed by atoms with E-state index in [-0.39, 0.29) is 24.3 Å². The number of esters is 1. The van der Waals surface area contributed by atoms with Crippen molar-refractivity contribution in [1.82, 2.24) is 10.2 Å². The molecule has 28 heavy (non-hydrogen) atoms. The van der Waals surface area contributed by atoms with Gasteiger partial charge in [0.15, 0.2) is 6.04 Å². The molecular formula is C22H24N2O4. The summed E-state index contributed by atoms with van der Waals surface area (Å²) in [4.78, 5) is 39.2. The number of benzene rings is 2. The molecule has 1 aliphatic heterocycles. The van der Waals surface area contributed by atoms with Crippen LogP contribution in [0, 0.1) is 5.92 Å². The number of ether oxygens (including phenoxy) is 1. The minimum absolute atomic E-state index is 0.0640. The largest absolute Gasteiger partial charge is 0.467 e. The number of methoxy groups -OCH3 is 1. The molecule has 1 saturated heterocycles. The van der Waals surface area contributed by atoms with Gasteiger partial charge in [-0.05, 0) is 18.1 Å². The van der Waals surface area contributed by atoms with E-state index in [9.17, 15) is 14.4 Å². The first-order chi connectivity index (χ1) is 13.5. The molecule has 2 aromatic rings. The first-order valence-corrected chi connectivity index (χ1v) is 9.28. The van der Waals surface area contributed by atoms with Crippen LogP contribution in [0.15, 0.2) is 60.7 Å². The first kappa shape index (κ1) is 19.6. The van der Waals surface area contributed by atoms with Gasteiger partial charge in [0.1, 0.15) is 0 Å². The predicted octanol–water partition coefficient (Wildman–Crippen LogP) is 2.63. The van der Waals surface area contributed by atoms with E-state index in [1.54, 1.807) is 29.2 Å². The molecule has 0 bridgehead atoms. The van der Waals surface area contributed by atoms with Gasteiger partial charge in [0, 0.05) is 13.0 Å². The second-order valence-corrected chi connectivity index (χ2v) is 6.91. The van der Waals surface area contributed by atoms with E-state index in [2.05, 4.69) is 5.32 Å². The zero-order chi connectivity index (χ0) is 20.1. The highest BCUT2D eigenvalue weighted by molar-refractivity contribution is 5.92. The lowest BCUT2D eigenvalue weighted by molar-refractivity contribution is -0.145. The van der Waals surface area contributed by atoms with Crippen LogP contribution in [0.25, 0.3) is 0 Å². The lowest BCUT2D eigenvalue weighted by Crippen LogP contribution is -2.39. The maximum absolute atomic E-state index is 12.8. The van der Waals surface area contributed by atoms with Gasteiger partial charge in [0.2, 0.25) is 11.8 Å². The molecular weight excluding hydrogens is 356 g/mol. The summed E-state index contributed by atoms with van der Waals surface area (Å²) in [5.41, 5.74) is 1.66. The van der Waals surface area contributed by atoms with Crippen LogP contribution in [0.5, 0.6) is 0 Å². The number of rotatable bonds is 6. The van der Waals surface area contributed by atoms with Crippen molar-refractivity contribution in [3.63, 3.8) is 0 Å². The lowest BCUT2D eigenvalue weighted by atomic mass is 10.0. The molecule has 2 aromatic carbocycles. The van der Waals surface area contributed by atoms with E-state index in [1.807, 2.05) is 43.3 Å². The summed E-state index contributed by atoms with van der Waals surface area (Å²) in [7, 11) is 1.28. The Morgan fingerprint density at radius 1 is 1.04 bits per heavy atom. The second-order valence-electron chi connectivity index (χ2n) is 6.91.